The van der Waals surface area contributed by atoms with Crippen molar-refractivity contribution in [3.05, 3.63) is 35.4 Å². The number of hydrogen-bond acceptors (Lipinski definition) is 4. The zero-order chi connectivity index (χ0) is 9.40. The van der Waals surface area contributed by atoms with Gasteiger partial charge in [0.1, 0.15) is 0 Å². The molecule has 0 aromatic heterocycles. The van der Waals surface area contributed by atoms with Crippen LogP contribution in [0.15, 0.2) is 24.3 Å². The Kier molecular flexibility index (Phi) is 4.77. The number of hydrogen-bond donors (Lipinski definition) is 0. The molecular formula is C8H6N2O2. The summed E-state index contributed by atoms with van der Waals surface area (Å²) in [6.45, 7) is 0. The summed E-state index contributed by atoms with van der Waals surface area (Å²) in [5.74, 6) is 0. The van der Waals surface area contributed by atoms with Gasteiger partial charge >= 0.3 is 0 Å². The first-order chi connectivity index (χ1) is 5.88. The van der Waals surface area contributed by atoms with Gasteiger partial charge in [0.25, 0.3) is 0 Å². The van der Waals surface area contributed by atoms with Gasteiger partial charge in [-0.1, -0.05) is 24.3 Å². The first-order valence-corrected chi connectivity index (χ1v) is 3.08. The molecule has 0 radical (unpaired) electrons. The highest BCUT2D eigenvalue weighted by Gasteiger charge is 1.95. The third-order valence-corrected chi connectivity index (χ3v) is 1.25. The van der Waals surface area contributed by atoms with Crippen LogP contribution in [0, 0.1) is 10.8 Å². The van der Waals surface area contributed by atoms with Crippen molar-refractivity contribution < 1.29 is 9.59 Å². The smallest absolute Gasteiger partial charge is 0.150 e. The highest BCUT2D eigenvalue weighted by molar-refractivity contribution is 5.89. The average Bonchev–Trinajstić information content (AvgIpc) is 2.20. The highest BCUT2D eigenvalue weighted by Crippen LogP contribution is 2.01. The van der Waals surface area contributed by atoms with Gasteiger partial charge < -0.3 is 0 Å². The Bertz CT molecular complexity index is 267. The first-order valence-electron chi connectivity index (χ1n) is 3.08. The van der Waals surface area contributed by atoms with Crippen LogP contribution >= 0.6 is 0 Å². The van der Waals surface area contributed by atoms with E-state index in [1.165, 1.54) is 0 Å². The molecule has 0 atom stereocenters. The average molecular weight is 162 g/mol. The van der Waals surface area contributed by atoms with E-state index >= 15 is 0 Å². The fourth-order valence-electron chi connectivity index (χ4n) is 0.726. The van der Waals surface area contributed by atoms with Crippen LogP contribution in [-0.4, -0.2) is 12.6 Å². The van der Waals surface area contributed by atoms with Crippen LogP contribution in [0.25, 0.3) is 0 Å². The van der Waals surface area contributed by atoms with Crippen LogP contribution in [0.2, 0.25) is 0 Å². The van der Waals surface area contributed by atoms with E-state index < -0.39 is 0 Å². The molecule has 0 spiro atoms. The number of benzene rings is 1. The number of aldehydes is 2. The number of nitrogens with zero attached hydrogens (tertiary/aromatic N) is 2. The van der Waals surface area contributed by atoms with Crippen molar-refractivity contribution in [3.63, 3.8) is 0 Å². The van der Waals surface area contributed by atoms with E-state index in [-0.39, 0.29) is 0 Å². The molecule has 0 fully saturated rings. The molecule has 0 N–H and O–H groups in total. The number of rotatable bonds is 2. The van der Waals surface area contributed by atoms with Gasteiger partial charge in [0.05, 0.1) is 0 Å². The molecule has 60 valence electrons. The van der Waals surface area contributed by atoms with Crippen LogP contribution in [0.4, 0.5) is 0 Å². The van der Waals surface area contributed by atoms with E-state index in [9.17, 15) is 9.59 Å². The van der Waals surface area contributed by atoms with Gasteiger partial charge in [-0.3, -0.25) is 9.59 Å². The van der Waals surface area contributed by atoms with E-state index in [1.807, 2.05) is 0 Å². The molecule has 1 rings (SSSR count). The van der Waals surface area contributed by atoms with Gasteiger partial charge in [0, 0.05) is 21.9 Å². The minimum atomic E-state index is 0.442. The molecule has 4 heteroatoms. The minimum Gasteiger partial charge on any atom is -0.298 e. The molecule has 0 aliphatic rings. The second kappa shape index (κ2) is 5.74. The van der Waals surface area contributed by atoms with E-state index in [4.69, 9.17) is 10.8 Å². The fourth-order valence-corrected chi connectivity index (χ4v) is 0.726. The van der Waals surface area contributed by atoms with Crippen LogP contribution < -0.4 is 0 Å². The Balaban J connectivity index is 0.000000561. The van der Waals surface area contributed by atoms with Crippen molar-refractivity contribution in [2.24, 2.45) is 0 Å². The van der Waals surface area contributed by atoms with Crippen LogP contribution in [0.1, 0.15) is 20.7 Å². The normalized spacial score (nSPS) is 7.50. The van der Waals surface area contributed by atoms with Crippen LogP contribution in [-0.2, 0) is 0 Å². The van der Waals surface area contributed by atoms with Crippen molar-refractivity contribution in [1.29, 1.82) is 10.8 Å². The maximum absolute atomic E-state index is 10.2. The Morgan fingerprint density at radius 1 is 0.917 bits per heavy atom. The zero-order valence-electron chi connectivity index (χ0n) is 6.18. The zero-order valence-corrected chi connectivity index (χ0v) is 6.18. The van der Waals surface area contributed by atoms with Crippen molar-refractivity contribution in [1.82, 2.24) is 0 Å². The summed E-state index contributed by atoms with van der Waals surface area (Å²) in [7, 11) is 0. The van der Waals surface area contributed by atoms with E-state index in [1.54, 1.807) is 24.3 Å². The SMILES string of the molecule is N#N.O=Cc1ccccc1C=O. The predicted octanol–water partition coefficient (Wildman–Crippen LogP) is 1.34. The summed E-state index contributed by atoms with van der Waals surface area (Å²) in [4.78, 5) is 20.5. The largest absolute Gasteiger partial charge is 0.298 e. The topological polar surface area (TPSA) is 81.7 Å². The van der Waals surface area contributed by atoms with Gasteiger partial charge in [0.15, 0.2) is 12.6 Å². The Labute approximate surface area is 69.2 Å². The summed E-state index contributed by atoms with van der Waals surface area (Å²) in [6.07, 6.45) is 1.34. The molecule has 1 aromatic rings. The lowest BCUT2D eigenvalue weighted by molar-refractivity contribution is 0.109. The third kappa shape index (κ3) is 2.31. The second-order valence-corrected chi connectivity index (χ2v) is 1.86. The molecule has 12 heavy (non-hydrogen) atoms. The van der Waals surface area contributed by atoms with Crippen LogP contribution in [0.3, 0.4) is 0 Å². The first kappa shape index (κ1) is 9.98. The lowest BCUT2D eigenvalue weighted by atomic mass is 10.1. The molecule has 0 unspecified atom stereocenters. The minimum absolute atomic E-state index is 0.442. The monoisotopic (exact) mass is 162 g/mol. The van der Waals surface area contributed by atoms with E-state index in [0.29, 0.717) is 23.7 Å². The summed E-state index contributed by atoms with van der Waals surface area (Å²) >= 11 is 0. The number of carbonyl (C=O) groups is 2. The van der Waals surface area contributed by atoms with Gasteiger partial charge in [-0.15, -0.1) is 0 Å². The lowest BCUT2D eigenvalue weighted by Crippen LogP contribution is -1.87. The third-order valence-electron chi connectivity index (χ3n) is 1.25. The summed E-state index contributed by atoms with van der Waals surface area (Å²) in [5, 5.41) is 12.0. The summed E-state index contributed by atoms with van der Waals surface area (Å²) in [5.41, 5.74) is 0.884. The Morgan fingerprint density at radius 3 is 1.50 bits per heavy atom. The molecule has 0 bridgehead atoms. The predicted molar refractivity (Wildman–Crippen MR) is 40.7 cm³/mol. The van der Waals surface area contributed by atoms with Gasteiger partial charge in [-0.2, -0.15) is 0 Å². The molecular weight excluding hydrogens is 156 g/mol. The highest BCUT2D eigenvalue weighted by atomic mass is 16.1. The van der Waals surface area contributed by atoms with Crippen molar-refractivity contribution in [3.8, 4) is 0 Å². The quantitative estimate of drug-likeness (QED) is 0.485. The Morgan fingerprint density at radius 2 is 1.25 bits per heavy atom. The van der Waals surface area contributed by atoms with Gasteiger partial charge in [-0.05, 0) is 0 Å². The van der Waals surface area contributed by atoms with E-state index in [2.05, 4.69) is 0 Å². The molecule has 0 saturated heterocycles. The molecule has 1 aromatic carbocycles. The molecule has 0 amide bonds. The Hall–Kier alpha value is -2.02. The van der Waals surface area contributed by atoms with Crippen molar-refractivity contribution in [2.75, 3.05) is 0 Å². The lowest BCUT2D eigenvalue weighted by Gasteiger charge is -1.91. The maximum Gasteiger partial charge on any atom is 0.150 e. The van der Waals surface area contributed by atoms with Crippen molar-refractivity contribution in [2.45, 2.75) is 0 Å². The molecule has 0 heterocycles. The number of carbonyl (C=O) groups excluding carboxylic acids is 2. The van der Waals surface area contributed by atoms with Crippen LogP contribution in [0.5, 0.6) is 0 Å². The van der Waals surface area contributed by atoms with Gasteiger partial charge in [-0.25, -0.2) is 0 Å². The van der Waals surface area contributed by atoms with Crippen molar-refractivity contribution >= 4 is 12.6 Å². The van der Waals surface area contributed by atoms with Gasteiger partial charge in [0.2, 0.25) is 0 Å². The molecule has 0 aliphatic carbocycles. The second-order valence-electron chi connectivity index (χ2n) is 1.86. The standard InChI is InChI=1S/C8H6O2.N2/c9-5-7-3-1-2-4-8(7)6-10;1-2/h1-6H;. The summed E-state index contributed by atoms with van der Waals surface area (Å²) in [6, 6.07) is 6.65. The summed E-state index contributed by atoms with van der Waals surface area (Å²) < 4.78 is 0. The molecule has 4 nitrogen and oxygen atoms in total. The van der Waals surface area contributed by atoms with E-state index in [0.717, 1.165) is 0 Å². The molecule has 0 aliphatic heterocycles. The maximum atomic E-state index is 10.2. The fraction of sp³-hybridized carbons (Fsp3) is 0. The molecule has 0 saturated carbocycles.